The Kier molecular flexibility index (Phi) is 5.12. The van der Waals surface area contributed by atoms with E-state index < -0.39 is 17.5 Å². The van der Waals surface area contributed by atoms with Crippen molar-refractivity contribution in [3.05, 3.63) is 17.5 Å². The molecule has 0 aromatic carbocycles. The van der Waals surface area contributed by atoms with Gasteiger partial charge in [-0.05, 0) is 33.3 Å². The fraction of sp³-hybridized carbons (Fsp3) is 0.615. The molecule has 0 radical (unpaired) electrons. The van der Waals surface area contributed by atoms with Crippen LogP contribution in [0.5, 0.6) is 0 Å². The van der Waals surface area contributed by atoms with Gasteiger partial charge in [-0.15, -0.1) is 0 Å². The average Bonchev–Trinajstić information content (AvgIpc) is 2.76. The molecule has 0 bridgehead atoms. The van der Waals surface area contributed by atoms with E-state index in [2.05, 4.69) is 15.7 Å². The van der Waals surface area contributed by atoms with E-state index in [1.165, 1.54) is 6.92 Å². The minimum absolute atomic E-state index is 0.305. The number of carboxylic acid groups (broad SMARTS) is 1. The lowest BCUT2D eigenvalue weighted by molar-refractivity contribution is -0.143. The van der Waals surface area contributed by atoms with Crippen LogP contribution in [-0.2, 0) is 17.9 Å². The molecule has 1 unspecified atom stereocenters. The fourth-order valence-electron chi connectivity index (χ4n) is 1.77. The van der Waals surface area contributed by atoms with E-state index in [4.69, 9.17) is 5.11 Å². The number of carboxylic acids is 1. The smallest absolute Gasteiger partial charge is 0.329 e. The lowest BCUT2D eigenvalue weighted by atomic mass is 10.00. The number of aryl methyl sites for hydroxylation is 2. The Bertz CT molecular complexity index is 498. The van der Waals surface area contributed by atoms with Crippen molar-refractivity contribution in [3.63, 3.8) is 0 Å². The minimum Gasteiger partial charge on any atom is -0.480 e. The highest BCUT2D eigenvalue weighted by Gasteiger charge is 2.32. The summed E-state index contributed by atoms with van der Waals surface area (Å²) < 4.78 is 1.80. The summed E-state index contributed by atoms with van der Waals surface area (Å²) in [4.78, 5) is 22.9. The predicted octanol–water partition coefficient (Wildman–Crippen LogP) is 1.26. The molecule has 1 rings (SSSR count). The molecule has 2 amide bonds. The van der Waals surface area contributed by atoms with Crippen molar-refractivity contribution >= 4 is 12.0 Å². The molecule has 1 atom stereocenters. The lowest BCUT2D eigenvalue weighted by Crippen LogP contribution is -2.54. The van der Waals surface area contributed by atoms with Gasteiger partial charge in [0.2, 0.25) is 0 Å². The van der Waals surface area contributed by atoms with Crippen LogP contribution >= 0.6 is 0 Å². The van der Waals surface area contributed by atoms with Crippen LogP contribution in [0.15, 0.2) is 6.07 Å². The summed E-state index contributed by atoms with van der Waals surface area (Å²) in [5, 5.41) is 18.5. The van der Waals surface area contributed by atoms with Crippen LogP contribution in [0, 0.1) is 6.92 Å². The Morgan fingerprint density at radius 1 is 1.45 bits per heavy atom. The minimum atomic E-state index is -1.26. The molecule has 7 nitrogen and oxygen atoms in total. The number of aliphatic carboxylic acids is 1. The quantitative estimate of drug-likeness (QED) is 0.732. The van der Waals surface area contributed by atoms with Crippen molar-refractivity contribution in [1.29, 1.82) is 0 Å². The molecule has 0 saturated heterocycles. The number of hydrogen-bond acceptors (Lipinski definition) is 3. The zero-order chi connectivity index (χ0) is 15.3. The highest BCUT2D eigenvalue weighted by atomic mass is 16.4. The molecule has 1 heterocycles. The number of nitrogens with one attached hydrogen (secondary N) is 2. The van der Waals surface area contributed by atoms with E-state index in [-0.39, 0.29) is 0 Å². The zero-order valence-electron chi connectivity index (χ0n) is 12.4. The second-order valence-electron chi connectivity index (χ2n) is 4.89. The number of rotatable bonds is 6. The summed E-state index contributed by atoms with van der Waals surface area (Å²) in [5.74, 6) is -1.05. The van der Waals surface area contributed by atoms with Gasteiger partial charge in [0.1, 0.15) is 5.54 Å². The maximum absolute atomic E-state index is 11.8. The van der Waals surface area contributed by atoms with Crippen LogP contribution in [0.4, 0.5) is 4.79 Å². The molecule has 0 aliphatic carbocycles. The highest BCUT2D eigenvalue weighted by molar-refractivity contribution is 5.85. The molecule has 1 aromatic rings. The number of carbonyl (C=O) groups is 2. The van der Waals surface area contributed by atoms with Gasteiger partial charge in [0, 0.05) is 6.54 Å². The van der Waals surface area contributed by atoms with Crippen LogP contribution in [0.25, 0.3) is 0 Å². The average molecular weight is 282 g/mol. The van der Waals surface area contributed by atoms with Crippen LogP contribution in [-0.4, -0.2) is 32.4 Å². The van der Waals surface area contributed by atoms with Gasteiger partial charge >= 0.3 is 12.0 Å². The molecule has 0 aliphatic rings. The van der Waals surface area contributed by atoms with Crippen molar-refractivity contribution in [2.45, 2.75) is 52.7 Å². The molecule has 20 heavy (non-hydrogen) atoms. The largest absolute Gasteiger partial charge is 0.480 e. The fourth-order valence-corrected chi connectivity index (χ4v) is 1.77. The Balaban J connectivity index is 2.61. The summed E-state index contributed by atoms with van der Waals surface area (Å²) in [6.07, 6.45) is 0.307. The first kappa shape index (κ1) is 16.0. The number of aromatic nitrogens is 2. The molecular weight excluding hydrogens is 260 g/mol. The van der Waals surface area contributed by atoms with Gasteiger partial charge in [-0.3, -0.25) is 4.68 Å². The molecular formula is C13H22N4O3. The molecule has 0 aliphatic heterocycles. The van der Waals surface area contributed by atoms with Gasteiger partial charge in [0.05, 0.1) is 17.9 Å². The Morgan fingerprint density at radius 3 is 2.60 bits per heavy atom. The molecule has 1 aromatic heterocycles. The third kappa shape index (κ3) is 3.72. The normalized spacial score (nSPS) is 13.6. The molecule has 0 spiro atoms. The maximum Gasteiger partial charge on any atom is 0.329 e. The van der Waals surface area contributed by atoms with Crippen LogP contribution in [0.2, 0.25) is 0 Å². The summed E-state index contributed by atoms with van der Waals surface area (Å²) in [6.45, 7) is 8.07. The van der Waals surface area contributed by atoms with E-state index in [0.29, 0.717) is 19.5 Å². The predicted molar refractivity (Wildman–Crippen MR) is 74.3 cm³/mol. The van der Waals surface area contributed by atoms with Crippen molar-refractivity contribution < 1.29 is 14.7 Å². The van der Waals surface area contributed by atoms with E-state index in [1.54, 1.807) is 11.6 Å². The highest BCUT2D eigenvalue weighted by Crippen LogP contribution is 2.09. The topological polar surface area (TPSA) is 96.3 Å². The third-order valence-electron chi connectivity index (χ3n) is 3.28. The van der Waals surface area contributed by atoms with Crippen molar-refractivity contribution in [1.82, 2.24) is 20.4 Å². The van der Waals surface area contributed by atoms with Gasteiger partial charge in [-0.1, -0.05) is 6.92 Å². The van der Waals surface area contributed by atoms with Gasteiger partial charge in [-0.2, -0.15) is 5.10 Å². The van der Waals surface area contributed by atoms with E-state index >= 15 is 0 Å². The monoisotopic (exact) mass is 282 g/mol. The van der Waals surface area contributed by atoms with Gasteiger partial charge in [-0.25, -0.2) is 9.59 Å². The first-order valence-electron chi connectivity index (χ1n) is 6.65. The Labute approximate surface area is 118 Å². The van der Waals surface area contributed by atoms with E-state index in [1.807, 2.05) is 19.9 Å². The van der Waals surface area contributed by atoms with Crippen LogP contribution < -0.4 is 10.6 Å². The zero-order valence-corrected chi connectivity index (χ0v) is 12.4. The molecule has 0 fully saturated rings. The van der Waals surface area contributed by atoms with E-state index in [0.717, 1.165) is 11.4 Å². The van der Waals surface area contributed by atoms with Crippen molar-refractivity contribution in [2.75, 3.05) is 0 Å². The number of hydrogen-bond donors (Lipinski definition) is 3. The molecule has 7 heteroatoms. The SMILES string of the molecule is CCn1nc(C)cc1CNC(=O)NC(C)(CC)C(=O)O. The standard InChI is InChI=1S/C13H22N4O3/c1-5-13(4,11(18)19)15-12(20)14-8-10-7-9(3)16-17(10)6-2/h7H,5-6,8H2,1-4H3,(H,18,19)(H2,14,15,20). The summed E-state index contributed by atoms with van der Waals surface area (Å²) >= 11 is 0. The summed E-state index contributed by atoms with van der Waals surface area (Å²) in [5.41, 5.74) is 0.507. The van der Waals surface area contributed by atoms with Gasteiger partial charge < -0.3 is 15.7 Å². The number of amides is 2. The number of nitrogens with zero attached hydrogens (tertiary/aromatic N) is 2. The van der Waals surface area contributed by atoms with Crippen LogP contribution in [0.3, 0.4) is 0 Å². The van der Waals surface area contributed by atoms with Crippen LogP contribution in [0.1, 0.15) is 38.6 Å². The van der Waals surface area contributed by atoms with Gasteiger partial charge in [0.25, 0.3) is 0 Å². The van der Waals surface area contributed by atoms with Gasteiger partial charge in [0.15, 0.2) is 0 Å². The first-order valence-corrected chi connectivity index (χ1v) is 6.65. The molecule has 112 valence electrons. The van der Waals surface area contributed by atoms with Crippen molar-refractivity contribution in [3.8, 4) is 0 Å². The second kappa shape index (κ2) is 6.40. The summed E-state index contributed by atoms with van der Waals surface area (Å²) in [6, 6.07) is 1.39. The number of urea groups is 1. The Hall–Kier alpha value is -2.05. The first-order chi connectivity index (χ1) is 9.32. The van der Waals surface area contributed by atoms with Crippen molar-refractivity contribution in [2.24, 2.45) is 0 Å². The second-order valence-corrected chi connectivity index (χ2v) is 4.89. The third-order valence-corrected chi connectivity index (χ3v) is 3.28. The maximum atomic E-state index is 11.8. The van der Waals surface area contributed by atoms with E-state index in [9.17, 15) is 9.59 Å². The summed E-state index contributed by atoms with van der Waals surface area (Å²) in [7, 11) is 0. The lowest BCUT2D eigenvalue weighted by Gasteiger charge is -2.24. The number of carbonyl (C=O) groups excluding carboxylic acids is 1. The Morgan fingerprint density at radius 2 is 2.10 bits per heavy atom. The molecule has 3 N–H and O–H groups in total. The molecule has 0 saturated carbocycles.